The molecule has 3 rings (SSSR count). The Kier molecular flexibility index (Phi) is 8.98. The molecule has 1 aliphatic rings. The quantitative estimate of drug-likeness (QED) is 0.545. The summed E-state index contributed by atoms with van der Waals surface area (Å²) in [6.45, 7) is 6.46. The van der Waals surface area contributed by atoms with Gasteiger partial charge in [0.1, 0.15) is 5.82 Å². The summed E-state index contributed by atoms with van der Waals surface area (Å²) in [5, 5.41) is 10.3. The molecular weight excluding hydrogens is 473 g/mol. The van der Waals surface area contributed by atoms with Crippen molar-refractivity contribution in [2.45, 2.75) is 64.4 Å². The lowest BCUT2D eigenvalue weighted by Gasteiger charge is -2.31. The first-order chi connectivity index (χ1) is 16.5. The van der Waals surface area contributed by atoms with Gasteiger partial charge < -0.3 is 14.6 Å². The number of aliphatic hydroxyl groups is 1. The Morgan fingerprint density at radius 3 is 2.54 bits per heavy atom. The molecule has 0 radical (unpaired) electrons. The van der Waals surface area contributed by atoms with Crippen LogP contribution in [0.15, 0.2) is 30.3 Å². The van der Waals surface area contributed by atoms with Crippen molar-refractivity contribution < 1.29 is 27.4 Å². The lowest BCUT2D eigenvalue weighted by molar-refractivity contribution is -0.203. The van der Waals surface area contributed by atoms with Crippen LogP contribution in [0.2, 0.25) is 0 Å². The molecule has 1 N–H and O–H groups in total. The minimum absolute atomic E-state index is 0.0324. The van der Waals surface area contributed by atoms with E-state index in [2.05, 4.69) is 9.97 Å². The third-order valence-electron chi connectivity index (χ3n) is 5.69. The van der Waals surface area contributed by atoms with Gasteiger partial charge in [-0.25, -0.2) is 27.1 Å². The molecule has 1 aliphatic heterocycles. The molecule has 0 saturated carbocycles. The van der Waals surface area contributed by atoms with Crippen molar-refractivity contribution in [1.29, 1.82) is 0 Å². The SMILES string of the molecule is CCCOC1C[C@@H](O)C[C@H](/C=C/c2c(-c3ccc(F)cc3)nc(N(C)S(C)(=O)=O)nc2C(C)C)O1. The summed E-state index contributed by atoms with van der Waals surface area (Å²) in [6.07, 6.45) is 5.00. The molecule has 192 valence electrons. The van der Waals surface area contributed by atoms with Gasteiger partial charge in [0.2, 0.25) is 16.0 Å². The van der Waals surface area contributed by atoms with Gasteiger partial charge in [-0.2, -0.15) is 0 Å². The van der Waals surface area contributed by atoms with E-state index in [0.29, 0.717) is 42.0 Å². The number of aliphatic hydroxyl groups excluding tert-OH is 1. The Morgan fingerprint density at radius 1 is 1.26 bits per heavy atom. The average molecular weight is 508 g/mol. The second kappa shape index (κ2) is 11.6. The van der Waals surface area contributed by atoms with Crippen LogP contribution in [0.25, 0.3) is 17.3 Å². The first-order valence-electron chi connectivity index (χ1n) is 11.7. The van der Waals surface area contributed by atoms with Gasteiger partial charge in [-0.15, -0.1) is 0 Å². The van der Waals surface area contributed by atoms with Gasteiger partial charge in [-0.05, 0) is 36.6 Å². The zero-order chi connectivity index (χ0) is 25.8. The fourth-order valence-electron chi connectivity index (χ4n) is 3.77. The van der Waals surface area contributed by atoms with Crippen LogP contribution in [0.1, 0.15) is 57.2 Å². The van der Waals surface area contributed by atoms with Crippen molar-refractivity contribution in [3.05, 3.63) is 47.4 Å². The van der Waals surface area contributed by atoms with Crippen molar-refractivity contribution in [2.75, 3.05) is 24.2 Å². The summed E-state index contributed by atoms with van der Waals surface area (Å²) < 4.78 is 50.7. The molecule has 2 aromatic rings. The van der Waals surface area contributed by atoms with Gasteiger partial charge >= 0.3 is 0 Å². The van der Waals surface area contributed by atoms with Crippen molar-refractivity contribution in [1.82, 2.24) is 9.97 Å². The van der Waals surface area contributed by atoms with Crippen LogP contribution >= 0.6 is 0 Å². The Hall–Kier alpha value is -2.40. The minimum atomic E-state index is -3.60. The molecule has 8 nitrogen and oxygen atoms in total. The molecule has 1 aromatic carbocycles. The van der Waals surface area contributed by atoms with E-state index in [1.54, 1.807) is 12.1 Å². The highest BCUT2D eigenvalue weighted by molar-refractivity contribution is 7.92. The molecule has 0 bridgehead atoms. The smallest absolute Gasteiger partial charge is 0.239 e. The van der Waals surface area contributed by atoms with Crippen LogP contribution in [0, 0.1) is 5.82 Å². The van der Waals surface area contributed by atoms with Crippen LogP contribution < -0.4 is 4.31 Å². The van der Waals surface area contributed by atoms with Crippen molar-refractivity contribution in [2.24, 2.45) is 0 Å². The van der Waals surface area contributed by atoms with Gasteiger partial charge in [-0.3, -0.25) is 0 Å². The normalized spacial score (nSPS) is 21.1. The summed E-state index contributed by atoms with van der Waals surface area (Å²) >= 11 is 0. The number of anilines is 1. The Labute approximate surface area is 206 Å². The number of benzene rings is 1. The highest BCUT2D eigenvalue weighted by atomic mass is 32.2. The maximum atomic E-state index is 13.6. The van der Waals surface area contributed by atoms with Gasteiger partial charge in [0.15, 0.2) is 6.29 Å². The fourth-order valence-corrected chi connectivity index (χ4v) is 4.15. The number of aromatic nitrogens is 2. The fraction of sp³-hybridized carbons (Fsp3) is 0.520. The second-order valence-electron chi connectivity index (χ2n) is 9.02. The molecule has 1 unspecified atom stereocenters. The summed E-state index contributed by atoms with van der Waals surface area (Å²) in [7, 11) is -2.20. The highest BCUT2D eigenvalue weighted by Crippen LogP contribution is 2.32. The molecule has 0 aliphatic carbocycles. The first kappa shape index (κ1) is 27.2. The van der Waals surface area contributed by atoms with Crippen molar-refractivity contribution >= 4 is 22.0 Å². The van der Waals surface area contributed by atoms with Crippen LogP contribution in [0.4, 0.5) is 10.3 Å². The lowest BCUT2D eigenvalue weighted by atomic mass is 9.97. The van der Waals surface area contributed by atoms with E-state index < -0.39 is 22.4 Å². The van der Waals surface area contributed by atoms with Crippen LogP contribution in [0.5, 0.6) is 0 Å². The molecule has 35 heavy (non-hydrogen) atoms. The first-order valence-corrected chi connectivity index (χ1v) is 13.6. The predicted octanol–water partition coefficient (Wildman–Crippen LogP) is 4.11. The van der Waals surface area contributed by atoms with Crippen LogP contribution in [-0.4, -0.2) is 61.9 Å². The zero-order valence-electron chi connectivity index (χ0n) is 20.8. The standard InChI is InChI=1S/C25H34FN3O5S/c1-6-13-33-22-15-19(30)14-20(34-22)11-12-21-23(16(2)3)27-25(29(4)35(5,31)32)28-24(21)17-7-9-18(26)10-8-17/h7-12,16,19-20,22,30H,6,13-15H2,1-5H3/b12-11+/t19-,20-,22?/m0/s1. The van der Waals surface area contributed by atoms with E-state index in [1.807, 2.05) is 32.9 Å². The van der Waals surface area contributed by atoms with Gasteiger partial charge in [0, 0.05) is 37.6 Å². The zero-order valence-corrected chi connectivity index (χ0v) is 21.6. The topological polar surface area (TPSA) is 102 Å². The molecule has 0 amide bonds. The molecular formula is C25H34FN3O5S. The van der Waals surface area contributed by atoms with Gasteiger partial charge in [0.05, 0.1) is 29.9 Å². The third kappa shape index (κ3) is 7.07. The second-order valence-corrected chi connectivity index (χ2v) is 11.0. The number of hydrogen-bond donors (Lipinski definition) is 1. The largest absolute Gasteiger partial charge is 0.393 e. The van der Waals surface area contributed by atoms with Crippen molar-refractivity contribution in [3.8, 4) is 11.3 Å². The van der Waals surface area contributed by atoms with E-state index in [1.165, 1.54) is 19.2 Å². The monoisotopic (exact) mass is 507 g/mol. The number of hydrogen-bond acceptors (Lipinski definition) is 7. The van der Waals surface area contributed by atoms with Crippen LogP contribution in [0.3, 0.4) is 0 Å². The molecule has 2 heterocycles. The Balaban J connectivity index is 2.08. The molecule has 3 atom stereocenters. The molecule has 1 fully saturated rings. The van der Waals surface area contributed by atoms with Gasteiger partial charge in [0.25, 0.3) is 0 Å². The number of sulfonamides is 1. The summed E-state index contributed by atoms with van der Waals surface area (Å²) in [6, 6.07) is 5.85. The third-order valence-corrected chi connectivity index (χ3v) is 6.85. The highest BCUT2D eigenvalue weighted by Gasteiger charge is 2.28. The number of ether oxygens (including phenoxy) is 2. The molecule has 1 saturated heterocycles. The Bertz CT molecular complexity index is 1140. The minimum Gasteiger partial charge on any atom is -0.393 e. The average Bonchev–Trinajstić information content (AvgIpc) is 2.80. The lowest BCUT2D eigenvalue weighted by Crippen LogP contribution is -2.36. The summed E-state index contributed by atoms with van der Waals surface area (Å²) in [5.41, 5.74) is 2.40. The Morgan fingerprint density at radius 2 is 1.94 bits per heavy atom. The summed E-state index contributed by atoms with van der Waals surface area (Å²) in [5.74, 6) is -0.424. The number of rotatable bonds is 9. The van der Waals surface area contributed by atoms with E-state index in [-0.39, 0.29) is 23.8 Å². The predicted molar refractivity (Wildman–Crippen MR) is 134 cm³/mol. The van der Waals surface area contributed by atoms with E-state index in [9.17, 15) is 17.9 Å². The molecule has 1 aromatic heterocycles. The van der Waals surface area contributed by atoms with Crippen molar-refractivity contribution in [3.63, 3.8) is 0 Å². The number of nitrogens with zero attached hydrogens (tertiary/aromatic N) is 3. The maximum Gasteiger partial charge on any atom is 0.239 e. The van der Waals surface area contributed by atoms with E-state index in [0.717, 1.165) is 17.0 Å². The molecule has 0 spiro atoms. The molecule has 10 heteroatoms. The van der Waals surface area contributed by atoms with E-state index in [4.69, 9.17) is 9.47 Å². The summed E-state index contributed by atoms with van der Waals surface area (Å²) in [4.78, 5) is 9.14. The number of halogens is 1. The maximum absolute atomic E-state index is 13.6. The van der Waals surface area contributed by atoms with Gasteiger partial charge in [-0.1, -0.05) is 32.9 Å². The van der Waals surface area contributed by atoms with Crippen LogP contribution in [-0.2, 0) is 19.5 Å². The van der Waals surface area contributed by atoms with E-state index >= 15 is 0 Å².